The third-order valence-corrected chi connectivity index (χ3v) is 4.06. The lowest BCUT2D eigenvalue weighted by Gasteiger charge is -2.34. The molecule has 0 aliphatic carbocycles. The van der Waals surface area contributed by atoms with Crippen LogP contribution in [0.4, 0.5) is 5.69 Å². The number of anilines is 1. The minimum Gasteiger partial charge on any atom is -0.481 e. The summed E-state index contributed by atoms with van der Waals surface area (Å²) in [5.41, 5.74) is 0.645. The molecular weight excluding hydrogens is 292 g/mol. The maximum atomic E-state index is 12.3. The van der Waals surface area contributed by atoms with Gasteiger partial charge in [0.2, 0.25) is 5.91 Å². The monoisotopic (exact) mass is 310 g/mol. The molecule has 0 radical (unpaired) electrons. The lowest BCUT2D eigenvalue weighted by atomic mass is 9.97. The number of carbonyl (C=O) groups excluding carboxylic acids is 1. The minimum absolute atomic E-state index is 0.150. The van der Waals surface area contributed by atoms with Crippen LogP contribution in [0, 0.1) is 5.92 Å². The number of piperidine rings is 1. The minimum atomic E-state index is -0.790. The second-order valence-corrected chi connectivity index (χ2v) is 5.78. The second-order valence-electron chi connectivity index (χ2n) is 5.35. The summed E-state index contributed by atoms with van der Waals surface area (Å²) in [4.78, 5) is 25.3. The number of hydrogen-bond donors (Lipinski definition) is 2. The van der Waals surface area contributed by atoms with Crippen LogP contribution < -0.4 is 5.32 Å². The summed E-state index contributed by atoms with van der Waals surface area (Å²) in [6.45, 7) is 2.96. The van der Waals surface area contributed by atoms with E-state index in [4.69, 9.17) is 16.7 Å². The van der Waals surface area contributed by atoms with Crippen LogP contribution >= 0.6 is 11.6 Å². The highest BCUT2D eigenvalue weighted by molar-refractivity contribution is 6.30. The lowest BCUT2D eigenvalue weighted by Crippen LogP contribution is -2.48. The Morgan fingerprint density at radius 1 is 1.48 bits per heavy atom. The Morgan fingerprint density at radius 2 is 2.24 bits per heavy atom. The molecule has 0 bridgehead atoms. The average Bonchev–Trinajstić information content (AvgIpc) is 2.46. The van der Waals surface area contributed by atoms with Gasteiger partial charge >= 0.3 is 5.97 Å². The van der Waals surface area contributed by atoms with E-state index in [1.165, 1.54) is 0 Å². The molecule has 1 amide bonds. The molecular formula is C15H19ClN2O3. The largest absolute Gasteiger partial charge is 0.481 e. The quantitative estimate of drug-likeness (QED) is 0.896. The van der Waals surface area contributed by atoms with Crippen molar-refractivity contribution in [2.45, 2.75) is 25.8 Å². The zero-order valence-corrected chi connectivity index (χ0v) is 12.6. The maximum absolute atomic E-state index is 12.3. The molecule has 2 atom stereocenters. The summed E-state index contributed by atoms with van der Waals surface area (Å²) >= 11 is 5.88. The van der Waals surface area contributed by atoms with Crippen molar-refractivity contribution in [1.29, 1.82) is 0 Å². The Kier molecular flexibility index (Phi) is 5.20. The zero-order chi connectivity index (χ0) is 15.4. The van der Waals surface area contributed by atoms with Gasteiger partial charge in [0.15, 0.2) is 0 Å². The van der Waals surface area contributed by atoms with E-state index in [-0.39, 0.29) is 17.9 Å². The van der Waals surface area contributed by atoms with E-state index >= 15 is 0 Å². The van der Waals surface area contributed by atoms with Crippen molar-refractivity contribution in [1.82, 2.24) is 4.90 Å². The molecule has 0 aromatic heterocycles. The van der Waals surface area contributed by atoms with E-state index in [0.29, 0.717) is 23.7 Å². The molecule has 2 N–H and O–H groups in total. The molecule has 0 spiro atoms. The first-order valence-corrected chi connectivity index (χ1v) is 7.38. The SMILES string of the molecule is CC(C(=O)Nc1cccc(Cl)c1)N1CCCC(C(=O)O)C1. The number of rotatable bonds is 4. The van der Waals surface area contributed by atoms with Crippen LogP contribution in [0.1, 0.15) is 19.8 Å². The van der Waals surface area contributed by atoms with Crippen molar-refractivity contribution in [2.24, 2.45) is 5.92 Å². The fraction of sp³-hybridized carbons (Fsp3) is 0.467. The molecule has 114 valence electrons. The van der Waals surface area contributed by atoms with Crippen LogP contribution in [-0.4, -0.2) is 41.0 Å². The summed E-state index contributed by atoms with van der Waals surface area (Å²) in [7, 11) is 0. The first-order chi connectivity index (χ1) is 9.97. The first-order valence-electron chi connectivity index (χ1n) is 7.00. The van der Waals surface area contributed by atoms with Gasteiger partial charge in [0.05, 0.1) is 12.0 Å². The van der Waals surface area contributed by atoms with Gasteiger partial charge < -0.3 is 10.4 Å². The number of carboxylic acids is 1. The van der Waals surface area contributed by atoms with Gasteiger partial charge in [-0.25, -0.2) is 0 Å². The Hall–Kier alpha value is -1.59. The third-order valence-electron chi connectivity index (χ3n) is 3.82. The second kappa shape index (κ2) is 6.91. The highest BCUT2D eigenvalue weighted by Crippen LogP contribution is 2.20. The van der Waals surface area contributed by atoms with E-state index in [9.17, 15) is 9.59 Å². The fourth-order valence-corrected chi connectivity index (χ4v) is 2.73. The van der Waals surface area contributed by atoms with E-state index in [2.05, 4.69) is 5.32 Å². The Labute approximate surface area is 128 Å². The molecule has 1 aliphatic rings. The van der Waals surface area contributed by atoms with Gasteiger partial charge in [-0.2, -0.15) is 0 Å². The van der Waals surface area contributed by atoms with Crippen molar-refractivity contribution in [3.8, 4) is 0 Å². The predicted molar refractivity (Wildman–Crippen MR) is 81.5 cm³/mol. The summed E-state index contributed by atoms with van der Waals surface area (Å²) in [6, 6.07) is 6.59. The maximum Gasteiger partial charge on any atom is 0.307 e. The topological polar surface area (TPSA) is 69.6 Å². The molecule has 1 fully saturated rings. The Balaban J connectivity index is 1.97. The number of hydrogen-bond acceptors (Lipinski definition) is 3. The standard InChI is InChI=1S/C15H19ClN2O3/c1-10(18-7-3-4-11(9-18)15(20)21)14(19)17-13-6-2-5-12(16)8-13/h2,5-6,8,10-11H,3-4,7,9H2,1H3,(H,17,19)(H,20,21). The van der Waals surface area contributed by atoms with Crippen LogP contribution in [-0.2, 0) is 9.59 Å². The molecule has 21 heavy (non-hydrogen) atoms. The fourth-order valence-electron chi connectivity index (χ4n) is 2.54. The number of carboxylic acid groups (broad SMARTS) is 1. The van der Waals surface area contributed by atoms with Crippen LogP contribution in [0.2, 0.25) is 5.02 Å². The summed E-state index contributed by atoms with van der Waals surface area (Å²) in [6.07, 6.45) is 1.47. The number of amides is 1. The number of carbonyl (C=O) groups is 2. The van der Waals surface area contributed by atoms with Crippen molar-refractivity contribution in [3.63, 3.8) is 0 Å². The van der Waals surface area contributed by atoms with Gasteiger partial charge in [-0.15, -0.1) is 0 Å². The number of halogens is 1. The van der Waals surface area contributed by atoms with Crippen LogP contribution in [0.15, 0.2) is 24.3 Å². The molecule has 2 rings (SSSR count). The van der Waals surface area contributed by atoms with Crippen molar-refractivity contribution in [3.05, 3.63) is 29.3 Å². The molecule has 5 nitrogen and oxygen atoms in total. The molecule has 0 saturated carbocycles. The lowest BCUT2D eigenvalue weighted by molar-refractivity contribution is -0.144. The Morgan fingerprint density at radius 3 is 2.90 bits per heavy atom. The smallest absolute Gasteiger partial charge is 0.307 e. The summed E-state index contributed by atoms with van der Waals surface area (Å²) in [5.74, 6) is -1.33. The van der Waals surface area contributed by atoms with E-state index in [0.717, 1.165) is 13.0 Å². The summed E-state index contributed by atoms with van der Waals surface area (Å²) in [5, 5.41) is 12.5. The number of nitrogens with one attached hydrogen (secondary N) is 1. The van der Waals surface area contributed by atoms with Gasteiger partial charge in [0, 0.05) is 17.3 Å². The summed E-state index contributed by atoms with van der Waals surface area (Å²) < 4.78 is 0. The number of aliphatic carboxylic acids is 1. The number of likely N-dealkylation sites (tertiary alicyclic amines) is 1. The van der Waals surface area contributed by atoms with Gasteiger partial charge in [-0.05, 0) is 44.5 Å². The average molecular weight is 311 g/mol. The van der Waals surface area contributed by atoms with Gasteiger partial charge in [-0.3, -0.25) is 14.5 Å². The molecule has 1 aromatic carbocycles. The van der Waals surface area contributed by atoms with Crippen molar-refractivity contribution >= 4 is 29.2 Å². The molecule has 1 saturated heterocycles. The van der Waals surface area contributed by atoms with E-state index in [1.54, 1.807) is 31.2 Å². The molecule has 1 aliphatic heterocycles. The van der Waals surface area contributed by atoms with Gasteiger partial charge in [0.25, 0.3) is 0 Å². The highest BCUT2D eigenvalue weighted by Gasteiger charge is 2.30. The normalized spacial score (nSPS) is 20.8. The zero-order valence-electron chi connectivity index (χ0n) is 11.9. The van der Waals surface area contributed by atoms with Crippen LogP contribution in [0.5, 0.6) is 0 Å². The molecule has 2 unspecified atom stereocenters. The third kappa shape index (κ3) is 4.19. The van der Waals surface area contributed by atoms with Gasteiger partial charge in [-0.1, -0.05) is 17.7 Å². The van der Waals surface area contributed by atoms with Crippen molar-refractivity contribution in [2.75, 3.05) is 18.4 Å². The first kappa shape index (κ1) is 15.8. The Bertz CT molecular complexity index is 535. The van der Waals surface area contributed by atoms with E-state index < -0.39 is 5.97 Å². The van der Waals surface area contributed by atoms with Crippen LogP contribution in [0.25, 0.3) is 0 Å². The number of nitrogens with zero attached hydrogens (tertiary/aromatic N) is 1. The van der Waals surface area contributed by atoms with Crippen molar-refractivity contribution < 1.29 is 14.7 Å². The van der Waals surface area contributed by atoms with Gasteiger partial charge in [0.1, 0.15) is 0 Å². The molecule has 1 heterocycles. The number of benzene rings is 1. The predicted octanol–water partition coefficient (Wildman–Crippen LogP) is 2.46. The van der Waals surface area contributed by atoms with E-state index in [1.807, 2.05) is 4.90 Å². The molecule has 6 heteroatoms. The molecule has 1 aromatic rings. The highest BCUT2D eigenvalue weighted by atomic mass is 35.5. The van der Waals surface area contributed by atoms with Crippen LogP contribution in [0.3, 0.4) is 0 Å².